The zero-order chi connectivity index (χ0) is 24.6. The third-order valence-corrected chi connectivity index (χ3v) is 9.21. The molecule has 1 radical (unpaired) electrons. The van der Waals surface area contributed by atoms with E-state index in [1.54, 1.807) is 20.8 Å². The first-order valence-electron chi connectivity index (χ1n) is 8.95. The van der Waals surface area contributed by atoms with Crippen molar-refractivity contribution in [3.8, 4) is 0 Å². The van der Waals surface area contributed by atoms with Crippen LogP contribution in [0.1, 0.15) is 40.0 Å². The normalized spacial score (nSPS) is 15.7. The fraction of sp³-hybridized carbons (Fsp3) is 0.800. The summed E-state index contributed by atoms with van der Waals surface area (Å²) in [6, 6.07) is 0. The molecule has 0 aliphatic rings. The second-order valence-corrected chi connectivity index (χ2v) is 14.3. The summed E-state index contributed by atoms with van der Waals surface area (Å²) in [6.07, 6.45) is -1.14. The van der Waals surface area contributed by atoms with Gasteiger partial charge in [-0.2, -0.15) is 0 Å². The fourth-order valence-corrected chi connectivity index (χ4v) is 3.82. The molecular formula is C15H30CeO12P3. The van der Waals surface area contributed by atoms with Crippen LogP contribution < -0.4 is 15.3 Å². The Labute approximate surface area is 215 Å². The molecule has 0 aromatic rings. The van der Waals surface area contributed by atoms with Crippen molar-refractivity contribution in [1.29, 1.82) is 0 Å². The Morgan fingerprint density at radius 1 is 0.581 bits per heavy atom. The summed E-state index contributed by atoms with van der Waals surface area (Å²) in [5.41, 5.74) is 0. The van der Waals surface area contributed by atoms with Gasteiger partial charge in [-0.25, -0.2) is 0 Å². The van der Waals surface area contributed by atoms with Gasteiger partial charge in [-0.1, -0.05) is 20.8 Å². The van der Waals surface area contributed by atoms with E-state index in [9.17, 15) is 43.4 Å². The van der Waals surface area contributed by atoms with Crippen LogP contribution in [0.25, 0.3) is 0 Å². The van der Waals surface area contributed by atoms with Crippen LogP contribution >= 0.6 is 22.1 Å². The smallest absolute Gasteiger partial charge is 0.550 e. The molecule has 16 heteroatoms. The van der Waals surface area contributed by atoms with Gasteiger partial charge in [0, 0.05) is 54.9 Å². The maximum absolute atomic E-state index is 10.8. The Morgan fingerprint density at radius 3 is 0.839 bits per heavy atom. The first-order valence-corrected chi connectivity index (χ1v) is 15.0. The Balaban J connectivity index is -0.000000174. The molecule has 0 saturated carbocycles. The zero-order valence-corrected chi connectivity index (χ0v) is 23.5. The predicted molar refractivity (Wildman–Crippen MR) is 105 cm³/mol. The van der Waals surface area contributed by atoms with E-state index in [0.29, 0.717) is 0 Å². The second-order valence-electron chi connectivity index (χ2n) is 6.02. The van der Waals surface area contributed by atoms with Crippen LogP contribution in [0.15, 0.2) is 0 Å². The summed E-state index contributed by atoms with van der Waals surface area (Å²) >= 11 is 0. The number of carboxylic acid groups (broad SMARTS) is 3. The van der Waals surface area contributed by atoms with Gasteiger partial charge < -0.3 is 44.4 Å². The van der Waals surface area contributed by atoms with Gasteiger partial charge in [0.25, 0.3) is 0 Å². The third-order valence-electron chi connectivity index (χ3n) is 3.48. The molecule has 0 saturated heterocycles. The molecule has 3 atom stereocenters. The summed E-state index contributed by atoms with van der Waals surface area (Å²) in [4.78, 5) is 56.0. The zero-order valence-electron chi connectivity index (χ0n) is 17.7. The van der Waals surface area contributed by atoms with E-state index in [-0.39, 0.29) is 98.0 Å². The molecule has 31 heavy (non-hydrogen) atoms. The molecule has 0 aliphatic carbocycles. The van der Waals surface area contributed by atoms with Gasteiger partial charge in [-0.3, -0.25) is 13.7 Å². The molecule has 0 spiro atoms. The third kappa shape index (κ3) is 32.6. The second kappa shape index (κ2) is 19.8. The average Bonchev–Trinajstić information content (AvgIpc) is 2.64. The average molecular weight is 635 g/mol. The molecule has 0 amide bonds. The van der Waals surface area contributed by atoms with Crippen molar-refractivity contribution in [1.82, 2.24) is 0 Å². The summed E-state index contributed by atoms with van der Waals surface area (Å²) in [5, 5.41) is 29.5. The molecular weight excluding hydrogens is 605 g/mol. The van der Waals surface area contributed by atoms with E-state index >= 15 is 0 Å². The summed E-state index contributed by atoms with van der Waals surface area (Å²) in [5.74, 6) is -3.83. The Bertz CT molecular complexity index is 592. The van der Waals surface area contributed by atoms with E-state index in [0.717, 1.165) is 0 Å². The topological polar surface area (TPSA) is 232 Å². The minimum absolute atomic E-state index is 0. The van der Waals surface area contributed by atoms with Crippen molar-refractivity contribution in [2.45, 2.75) is 40.0 Å². The van der Waals surface area contributed by atoms with Gasteiger partial charge in [-0.05, 0) is 19.3 Å². The SMILES string of the molecule is CCP(=O)(O)CCC(=O)[O-].CCP(=O)(O)CCC(=O)[O-].CCP(=O)(O)CCC(=O)[O-].[Ce+3]. The van der Waals surface area contributed by atoms with Crippen molar-refractivity contribution in [2.24, 2.45) is 0 Å². The molecule has 3 N–H and O–H groups in total. The monoisotopic (exact) mass is 635 g/mol. The van der Waals surface area contributed by atoms with Crippen molar-refractivity contribution < 1.29 is 99.8 Å². The summed E-state index contributed by atoms with van der Waals surface area (Å²) < 4.78 is 32.3. The quantitative estimate of drug-likeness (QED) is 0.203. The van der Waals surface area contributed by atoms with Gasteiger partial charge in [0.05, 0.1) is 0 Å². The molecule has 0 heterocycles. The van der Waals surface area contributed by atoms with E-state index in [1.807, 2.05) is 0 Å². The maximum atomic E-state index is 10.8. The van der Waals surface area contributed by atoms with Gasteiger partial charge >= 0.3 is 41.7 Å². The van der Waals surface area contributed by atoms with E-state index in [1.165, 1.54) is 0 Å². The van der Waals surface area contributed by atoms with E-state index in [2.05, 4.69) is 0 Å². The van der Waals surface area contributed by atoms with Crippen LogP contribution in [0.2, 0.25) is 0 Å². The van der Waals surface area contributed by atoms with Crippen molar-refractivity contribution in [2.75, 3.05) is 37.0 Å². The van der Waals surface area contributed by atoms with Crippen LogP contribution in [0.3, 0.4) is 0 Å². The van der Waals surface area contributed by atoms with Crippen LogP contribution in [0, 0.1) is 41.7 Å². The predicted octanol–water partition coefficient (Wildman–Crippen LogP) is -1.75. The van der Waals surface area contributed by atoms with Crippen molar-refractivity contribution in [3.05, 3.63) is 0 Å². The molecule has 3 unspecified atom stereocenters. The molecule has 12 nitrogen and oxygen atoms in total. The summed E-state index contributed by atoms with van der Waals surface area (Å²) in [7, 11) is -9.44. The minimum atomic E-state index is -3.15. The number of hydrogen-bond donors (Lipinski definition) is 3. The first-order chi connectivity index (χ1) is 13.4. The number of hydrogen-bond acceptors (Lipinski definition) is 9. The Kier molecular flexibility index (Phi) is 24.7. The Morgan fingerprint density at radius 2 is 0.742 bits per heavy atom. The first kappa shape index (κ1) is 38.6. The molecule has 0 aromatic heterocycles. The van der Waals surface area contributed by atoms with E-state index in [4.69, 9.17) is 14.7 Å². The molecule has 181 valence electrons. The van der Waals surface area contributed by atoms with Crippen LogP contribution in [-0.2, 0) is 28.1 Å². The number of carbonyl (C=O) groups excluding carboxylic acids is 3. The minimum Gasteiger partial charge on any atom is -0.550 e. The van der Waals surface area contributed by atoms with Crippen molar-refractivity contribution >= 4 is 40.0 Å². The number of carbonyl (C=O) groups is 3. The van der Waals surface area contributed by atoms with Gasteiger partial charge in [0.1, 0.15) is 0 Å². The molecule has 0 rings (SSSR count). The number of aliphatic carboxylic acids is 3. The number of rotatable bonds is 12. The summed E-state index contributed by atoms with van der Waals surface area (Å²) in [6.45, 7) is 4.65. The molecule has 0 fully saturated rings. The van der Waals surface area contributed by atoms with E-state index < -0.39 is 40.0 Å². The van der Waals surface area contributed by atoms with Gasteiger partial charge in [-0.15, -0.1) is 0 Å². The molecule has 0 aromatic carbocycles. The molecule has 0 aliphatic heterocycles. The largest absolute Gasteiger partial charge is 3.00 e. The maximum Gasteiger partial charge on any atom is 3.00 e. The van der Waals surface area contributed by atoms with Crippen LogP contribution in [0.5, 0.6) is 0 Å². The van der Waals surface area contributed by atoms with Gasteiger partial charge in [0.2, 0.25) is 22.1 Å². The van der Waals surface area contributed by atoms with Crippen LogP contribution in [0.4, 0.5) is 0 Å². The number of carboxylic acids is 3. The standard InChI is InChI=1S/3C5H11O4P.Ce/c3*1-2-10(8,9)4-3-5(6)7;/h3*2-4H2,1H3,(H,6,7)(H,8,9);/q;;;+3/p-3. The Hall–Kier alpha value is 0.357. The fourth-order valence-electron chi connectivity index (χ4n) is 1.27. The van der Waals surface area contributed by atoms with Crippen molar-refractivity contribution in [3.63, 3.8) is 0 Å². The van der Waals surface area contributed by atoms with Crippen LogP contribution in [-0.4, -0.2) is 69.6 Å². The van der Waals surface area contributed by atoms with Gasteiger partial charge in [0.15, 0.2) is 0 Å². The molecule has 0 bridgehead atoms.